The van der Waals surface area contributed by atoms with Crippen LogP contribution in [0.4, 0.5) is 0 Å². The number of hydrogen-bond acceptors (Lipinski definition) is 5. The zero-order chi connectivity index (χ0) is 14.9. The Morgan fingerprint density at radius 3 is 2.86 bits per heavy atom. The number of fused-ring (bicyclic) bond motifs is 1. The van der Waals surface area contributed by atoms with Crippen LogP contribution in [0.25, 0.3) is 0 Å². The van der Waals surface area contributed by atoms with Crippen LogP contribution in [0.3, 0.4) is 0 Å². The van der Waals surface area contributed by atoms with Crippen LogP contribution in [-0.4, -0.2) is 56.4 Å². The van der Waals surface area contributed by atoms with E-state index in [0.29, 0.717) is 29.9 Å². The first-order chi connectivity index (χ1) is 10.1. The van der Waals surface area contributed by atoms with Crippen LogP contribution in [0.15, 0.2) is 16.3 Å². The fraction of sp³-hybridized carbons (Fsp3) is 0.714. The number of thiophene rings is 1. The van der Waals surface area contributed by atoms with Gasteiger partial charge >= 0.3 is 0 Å². The van der Waals surface area contributed by atoms with E-state index in [0.717, 1.165) is 37.2 Å². The third-order valence-electron chi connectivity index (χ3n) is 4.39. The number of sulfonamides is 1. The van der Waals surface area contributed by atoms with E-state index < -0.39 is 10.0 Å². The summed E-state index contributed by atoms with van der Waals surface area (Å²) in [7, 11) is -3.34. The van der Waals surface area contributed by atoms with Gasteiger partial charge in [0.2, 0.25) is 0 Å². The number of nitrogens with two attached hydrogens (primary N) is 1. The Bertz CT molecular complexity index is 585. The van der Waals surface area contributed by atoms with E-state index in [9.17, 15) is 8.42 Å². The maximum Gasteiger partial charge on any atom is 0.252 e. The number of nitrogens with zero attached hydrogens (tertiary/aromatic N) is 2. The van der Waals surface area contributed by atoms with Gasteiger partial charge in [-0.1, -0.05) is 0 Å². The summed E-state index contributed by atoms with van der Waals surface area (Å²) in [5.41, 5.74) is 5.54. The fourth-order valence-corrected chi connectivity index (χ4v) is 6.33. The minimum atomic E-state index is -3.34. The van der Waals surface area contributed by atoms with Gasteiger partial charge in [-0.05, 0) is 57.5 Å². The highest BCUT2D eigenvalue weighted by molar-refractivity contribution is 7.91. The monoisotopic (exact) mass is 329 g/mol. The molecule has 2 saturated heterocycles. The Morgan fingerprint density at radius 2 is 2.05 bits per heavy atom. The second kappa shape index (κ2) is 6.34. The summed E-state index contributed by atoms with van der Waals surface area (Å²) in [5, 5.41) is 0. The Morgan fingerprint density at radius 1 is 1.24 bits per heavy atom. The molecule has 1 atom stereocenters. The first kappa shape index (κ1) is 15.4. The normalized spacial score (nSPS) is 24.9. The first-order valence-electron chi connectivity index (χ1n) is 7.64. The van der Waals surface area contributed by atoms with Crippen LogP contribution >= 0.6 is 11.3 Å². The molecule has 0 bridgehead atoms. The molecule has 1 aromatic rings. The number of rotatable bonds is 4. The van der Waals surface area contributed by atoms with Crippen molar-refractivity contribution in [3.63, 3.8) is 0 Å². The maximum absolute atomic E-state index is 12.8. The summed E-state index contributed by atoms with van der Waals surface area (Å²) in [5.74, 6) is 0. The largest absolute Gasteiger partial charge is 0.330 e. The van der Waals surface area contributed by atoms with Crippen LogP contribution < -0.4 is 5.73 Å². The third-order valence-corrected chi connectivity index (χ3v) is 7.87. The summed E-state index contributed by atoms with van der Waals surface area (Å²) in [6.45, 7) is 3.99. The second-order valence-corrected chi connectivity index (χ2v) is 9.14. The van der Waals surface area contributed by atoms with E-state index in [2.05, 4.69) is 4.90 Å². The van der Waals surface area contributed by atoms with Crippen LogP contribution in [0.2, 0.25) is 0 Å². The molecular weight excluding hydrogens is 306 g/mol. The molecular formula is C14H23N3O2S2. The molecule has 1 unspecified atom stereocenters. The highest BCUT2D eigenvalue weighted by Gasteiger charge is 2.34. The van der Waals surface area contributed by atoms with Crippen LogP contribution in [0.5, 0.6) is 0 Å². The van der Waals surface area contributed by atoms with Crippen molar-refractivity contribution in [1.82, 2.24) is 9.21 Å². The molecule has 3 heterocycles. The average molecular weight is 329 g/mol. The molecule has 7 heteroatoms. The van der Waals surface area contributed by atoms with Gasteiger partial charge in [-0.3, -0.25) is 4.90 Å². The van der Waals surface area contributed by atoms with Crippen LogP contribution in [0.1, 0.15) is 24.1 Å². The molecule has 5 nitrogen and oxygen atoms in total. The molecule has 0 radical (unpaired) electrons. The quantitative estimate of drug-likeness (QED) is 0.898. The Hall–Kier alpha value is -0.470. The minimum absolute atomic E-state index is 0.408. The minimum Gasteiger partial charge on any atom is -0.330 e. The molecule has 2 N–H and O–H groups in total. The molecule has 0 spiro atoms. The van der Waals surface area contributed by atoms with Crippen molar-refractivity contribution in [3.8, 4) is 0 Å². The third kappa shape index (κ3) is 3.17. The molecule has 0 saturated carbocycles. The van der Waals surface area contributed by atoms with Crippen molar-refractivity contribution in [1.29, 1.82) is 0 Å². The van der Waals surface area contributed by atoms with E-state index in [1.807, 2.05) is 6.07 Å². The van der Waals surface area contributed by atoms with Gasteiger partial charge in [-0.25, -0.2) is 8.42 Å². The molecule has 0 aromatic carbocycles. The van der Waals surface area contributed by atoms with Gasteiger partial charge in [0.1, 0.15) is 4.21 Å². The topological polar surface area (TPSA) is 66.6 Å². The van der Waals surface area contributed by atoms with Gasteiger partial charge in [0.25, 0.3) is 10.0 Å². The van der Waals surface area contributed by atoms with Gasteiger partial charge in [0.15, 0.2) is 0 Å². The van der Waals surface area contributed by atoms with E-state index in [1.54, 1.807) is 10.4 Å². The Kier molecular flexibility index (Phi) is 4.66. The summed E-state index contributed by atoms with van der Waals surface area (Å²) in [6, 6.07) is 4.04. The molecule has 21 heavy (non-hydrogen) atoms. The summed E-state index contributed by atoms with van der Waals surface area (Å²) < 4.78 is 27.8. The standard InChI is InChI=1S/C14H23N3O2S2/c15-7-6-13-4-5-14(20-13)21(18,19)17-10-2-9-16-8-1-3-12(16)11-17/h4-5,12H,1-3,6-11,15H2. The van der Waals surface area contributed by atoms with Gasteiger partial charge in [-0.2, -0.15) is 4.31 Å². The van der Waals surface area contributed by atoms with Gasteiger partial charge in [0, 0.05) is 24.0 Å². The smallest absolute Gasteiger partial charge is 0.252 e. The summed E-state index contributed by atoms with van der Waals surface area (Å²) >= 11 is 1.37. The van der Waals surface area contributed by atoms with Gasteiger partial charge < -0.3 is 5.73 Å². The van der Waals surface area contributed by atoms with E-state index in [4.69, 9.17) is 5.73 Å². The Balaban J connectivity index is 1.79. The van der Waals surface area contributed by atoms with Crippen LogP contribution in [0, 0.1) is 0 Å². The average Bonchev–Trinajstić information content (AvgIpc) is 3.05. The lowest BCUT2D eigenvalue weighted by atomic mass is 10.2. The molecule has 2 fully saturated rings. The number of hydrogen-bond donors (Lipinski definition) is 1. The van der Waals surface area contributed by atoms with Gasteiger partial charge in [-0.15, -0.1) is 11.3 Å². The Labute approximate surface area is 130 Å². The zero-order valence-corrected chi connectivity index (χ0v) is 13.8. The summed E-state index contributed by atoms with van der Waals surface area (Å²) in [4.78, 5) is 3.50. The predicted octanol–water partition coefficient (Wildman–Crippen LogP) is 1.11. The van der Waals surface area contributed by atoms with E-state index in [1.165, 1.54) is 17.8 Å². The zero-order valence-electron chi connectivity index (χ0n) is 12.2. The highest BCUT2D eigenvalue weighted by Crippen LogP contribution is 2.29. The maximum atomic E-state index is 12.8. The fourth-order valence-electron chi connectivity index (χ4n) is 3.29. The molecule has 2 aliphatic rings. The lowest BCUT2D eigenvalue weighted by Gasteiger charge is -2.24. The molecule has 0 amide bonds. The van der Waals surface area contributed by atoms with Crippen molar-refractivity contribution in [2.45, 2.75) is 35.9 Å². The SMILES string of the molecule is NCCc1ccc(S(=O)(=O)N2CCCN3CCCC3C2)s1. The highest BCUT2D eigenvalue weighted by atomic mass is 32.2. The van der Waals surface area contributed by atoms with Crippen molar-refractivity contribution < 1.29 is 8.42 Å². The van der Waals surface area contributed by atoms with E-state index in [-0.39, 0.29) is 0 Å². The van der Waals surface area contributed by atoms with Gasteiger partial charge in [0.05, 0.1) is 0 Å². The molecule has 0 aliphatic carbocycles. The van der Waals surface area contributed by atoms with Crippen LogP contribution in [-0.2, 0) is 16.4 Å². The molecule has 3 rings (SSSR count). The molecule has 118 valence electrons. The van der Waals surface area contributed by atoms with Crippen molar-refractivity contribution in [2.24, 2.45) is 5.73 Å². The van der Waals surface area contributed by atoms with Crippen molar-refractivity contribution >= 4 is 21.4 Å². The van der Waals surface area contributed by atoms with Crippen molar-refractivity contribution in [2.75, 3.05) is 32.7 Å². The second-order valence-electron chi connectivity index (χ2n) is 5.81. The predicted molar refractivity (Wildman–Crippen MR) is 85.0 cm³/mol. The lowest BCUT2D eigenvalue weighted by molar-refractivity contribution is 0.257. The molecule has 1 aromatic heterocycles. The van der Waals surface area contributed by atoms with E-state index >= 15 is 0 Å². The molecule has 2 aliphatic heterocycles. The first-order valence-corrected chi connectivity index (χ1v) is 9.90. The van der Waals surface area contributed by atoms with Crippen molar-refractivity contribution in [3.05, 3.63) is 17.0 Å². The summed E-state index contributed by atoms with van der Waals surface area (Å²) in [6.07, 6.45) is 3.99. The lowest BCUT2D eigenvalue weighted by Crippen LogP contribution is -2.39.